The number of aliphatic hydroxyl groups excluding tert-OH is 1. The first kappa shape index (κ1) is 25.1. The summed E-state index contributed by atoms with van der Waals surface area (Å²) in [6, 6.07) is 11.9. The second kappa shape index (κ2) is 10.1. The van der Waals surface area contributed by atoms with Crippen molar-refractivity contribution in [1.29, 1.82) is 0 Å². The average molecular weight is 523 g/mol. The molecule has 10 heteroatoms. The van der Waals surface area contributed by atoms with Gasteiger partial charge in [0.1, 0.15) is 22.5 Å². The average Bonchev–Trinajstić information content (AvgIpc) is 2.92. The van der Waals surface area contributed by atoms with Crippen LogP contribution in [0.15, 0.2) is 57.7 Å². The van der Waals surface area contributed by atoms with Gasteiger partial charge >= 0.3 is 0 Å². The molecule has 0 aliphatic carbocycles. The van der Waals surface area contributed by atoms with Gasteiger partial charge in [0.25, 0.3) is 0 Å². The Morgan fingerprint density at radius 2 is 1.76 bits per heavy atom. The van der Waals surface area contributed by atoms with Crippen molar-refractivity contribution in [3.8, 4) is 51.6 Å². The Bertz CT molecular complexity index is 1560. The van der Waals surface area contributed by atoms with Crippen molar-refractivity contribution < 1.29 is 43.8 Å². The summed E-state index contributed by atoms with van der Waals surface area (Å²) in [7, 11) is 1.42. The quantitative estimate of drug-likeness (QED) is 0.278. The minimum atomic E-state index is -0.760. The van der Waals surface area contributed by atoms with Gasteiger partial charge in [0.2, 0.25) is 11.2 Å². The Morgan fingerprint density at radius 1 is 0.947 bits per heavy atom. The molecule has 0 amide bonds. The molecule has 2 atom stereocenters. The molecule has 4 aromatic rings. The molecular formula is C28H26O10. The van der Waals surface area contributed by atoms with Crippen LogP contribution >= 0.6 is 0 Å². The Balaban J connectivity index is 1.57. The molecular weight excluding hydrogens is 496 g/mol. The minimum Gasteiger partial charge on any atom is -0.508 e. The zero-order chi connectivity index (χ0) is 27.0. The lowest BCUT2D eigenvalue weighted by Crippen LogP contribution is -2.36. The van der Waals surface area contributed by atoms with Crippen molar-refractivity contribution in [2.24, 2.45) is 0 Å². The van der Waals surface area contributed by atoms with Crippen LogP contribution in [0.1, 0.15) is 25.0 Å². The molecule has 3 aromatic carbocycles. The van der Waals surface area contributed by atoms with E-state index in [1.54, 1.807) is 24.3 Å². The van der Waals surface area contributed by atoms with E-state index in [0.29, 0.717) is 29.9 Å². The number of hydrogen-bond donors (Lipinski definition) is 4. The van der Waals surface area contributed by atoms with Gasteiger partial charge in [-0.2, -0.15) is 0 Å². The van der Waals surface area contributed by atoms with Crippen LogP contribution in [0, 0.1) is 0 Å². The number of ether oxygens (including phenoxy) is 4. The lowest BCUT2D eigenvalue weighted by atomic mass is 10.0. The Hall–Kier alpha value is -4.57. The van der Waals surface area contributed by atoms with E-state index in [1.807, 2.05) is 6.92 Å². The van der Waals surface area contributed by atoms with Gasteiger partial charge in [-0.15, -0.1) is 0 Å². The number of phenolic OH excluding ortho intramolecular Hbond substituents is 2. The highest BCUT2D eigenvalue weighted by Gasteiger charge is 2.34. The van der Waals surface area contributed by atoms with E-state index in [9.17, 15) is 25.2 Å². The lowest BCUT2D eigenvalue weighted by molar-refractivity contribution is -0.0123. The summed E-state index contributed by atoms with van der Waals surface area (Å²) in [6.45, 7) is 1.86. The molecule has 4 N–H and O–H groups in total. The third-order valence-corrected chi connectivity index (χ3v) is 6.17. The molecule has 2 unspecified atom stereocenters. The number of hydrogen-bond acceptors (Lipinski definition) is 10. The van der Waals surface area contributed by atoms with Crippen LogP contribution in [0.4, 0.5) is 0 Å². The topological polar surface area (TPSA) is 148 Å². The maximum atomic E-state index is 13.1. The van der Waals surface area contributed by atoms with Gasteiger partial charge in [0, 0.05) is 23.3 Å². The van der Waals surface area contributed by atoms with Gasteiger partial charge in [-0.1, -0.05) is 13.0 Å². The van der Waals surface area contributed by atoms with Crippen LogP contribution < -0.4 is 24.4 Å². The fourth-order valence-corrected chi connectivity index (χ4v) is 4.34. The lowest BCUT2D eigenvalue weighted by Gasteiger charge is -2.33. The first-order valence-corrected chi connectivity index (χ1v) is 12.0. The van der Waals surface area contributed by atoms with E-state index in [-0.39, 0.29) is 52.1 Å². The molecule has 0 bridgehead atoms. The van der Waals surface area contributed by atoms with Crippen LogP contribution in [-0.4, -0.2) is 46.9 Å². The number of methoxy groups -OCH3 is 1. The maximum absolute atomic E-state index is 13.1. The van der Waals surface area contributed by atoms with Gasteiger partial charge in [0.05, 0.1) is 20.3 Å². The molecule has 0 radical (unpaired) electrons. The van der Waals surface area contributed by atoms with Crippen molar-refractivity contribution >= 4 is 11.0 Å². The number of aromatic hydroxyl groups is 3. The van der Waals surface area contributed by atoms with Gasteiger partial charge in [-0.05, 0) is 36.8 Å². The van der Waals surface area contributed by atoms with Crippen LogP contribution in [0.5, 0.6) is 40.2 Å². The molecule has 1 aliphatic heterocycles. The van der Waals surface area contributed by atoms with Crippen LogP contribution in [-0.2, 0) is 0 Å². The standard InChI is InChI=1S/C28H26O10/c1-3-8-35-21-11-16(30)12-22-24(21)25(32)26(33)28(38-22)15-5-7-18-20(10-15)37-27(23(13-29)36-18)14-4-6-17(31)19(9-14)34-2/h4-7,9-12,23,27,29-31,33H,3,8,13H2,1-2H3. The normalized spacial score (nSPS) is 16.4. The van der Waals surface area contributed by atoms with Gasteiger partial charge in [-0.3, -0.25) is 4.79 Å². The summed E-state index contributed by atoms with van der Waals surface area (Å²) in [5, 5.41) is 40.8. The van der Waals surface area contributed by atoms with E-state index in [0.717, 1.165) is 0 Å². The van der Waals surface area contributed by atoms with Crippen molar-refractivity contribution in [3.63, 3.8) is 0 Å². The molecule has 1 aliphatic rings. The molecule has 0 saturated heterocycles. The van der Waals surface area contributed by atoms with Crippen LogP contribution in [0.2, 0.25) is 0 Å². The minimum absolute atomic E-state index is 0.0159. The number of phenols is 2. The first-order chi connectivity index (χ1) is 18.3. The molecule has 10 nitrogen and oxygen atoms in total. The largest absolute Gasteiger partial charge is 0.508 e. The molecule has 5 rings (SSSR count). The number of fused-ring (bicyclic) bond motifs is 2. The number of benzene rings is 3. The summed E-state index contributed by atoms with van der Waals surface area (Å²) < 4.78 is 28.8. The van der Waals surface area contributed by atoms with Gasteiger partial charge in [-0.25, -0.2) is 0 Å². The fourth-order valence-electron chi connectivity index (χ4n) is 4.34. The molecule has 0 fully saturated rings. The molecule has 0 saturated carbocycles. The smallest absolute Gasteiger partial charge is 0.238 e. The SMILES string of the molecule is CCCOc1cc(O)cc2oc(-c3ccc4c(c3)OC(c3ccc(O)c(OC)c3)C(CO)O4)c(O)c(=O)c12. The molecule has 2 heterocycles. The molecule has 1 aromatic heterocycles. The van der Waals surface area contributed by atoms with Crippen LogP contribution in [0.3, 0.4) is 0 Å². The molecule has 0 spiro atoms. The summed E-state index contributed by atoms with van der Waals surface area (Å²) in [5.74, 6) is -0.0143. The highest BCUT2D eigenvalue weighted by atomic mass is 16.6. The van der Waals surface area contributed by atoms with E-state index >= 15 is 0 Å². The fraction of sp³-hybridized carbons (Fsp3) is 0.250. The summed E-state index contributed by atoms with van der Waals surface area (Å²) >= 11 is 0. The monoisotopic (exact) mass is 522 g/mol. The zero-order valence-electron chi connectivity index (χ0n) is 20.6. The Labute approximate surface area is 216 Å². The first-order valence-electron chi connectivity index (χ1n) is 12.0. The highest BCUT2D eigenvalue weighted by Crippen LogP contribution is 2.44. The predicted octanol–water partition coefficient (Wildman–Crippen LogP) is 4.25. The summed E-state index contributed by atoms with van der Waals surface area (Å²) in [5.41, 5.74) is 0.229. The predicted molar refractivity (Wildman–Crippen MR) is 137 cm³/mol. The van der Waals surface area contributed by atoms with Crippen molar-refractivity contribution in [2.45, 2.75) is 25.6 Å². The summed E-state index contributed by atoms with van der Waals surface area (Å²) in [6.07, 6.45) is -0.831. The molecule has 38 heavy (non-hydrogen) atoms. The Morgan fingerprint density at radius 3 is 2.50 bits per heavy atom. The second-order valence-corrected chi connectivity index (χ2v) is 8.74. The highest BCUT2D eigenvalue weighted by molar-refractivity contribution is 5.88. The van der Waals surface area contributed by atoms with Gasteiger partial charge in [0.15, 0.2) is 41.0 Å². The third-order valence-electron chi connectivity index (χ3n) is 6.17. The van der Waals surface area contributed by atoms with E-state index in [2.05, 4.69) is 0 Å². The molecule has 198 valence electrons. The second-order valence-electron chi connectivity index (χ2n) is 8.74. The summed E-state index contributed by atoms with van der Waals surface area (Å²) in [4.78, 5) is 13.1. The van der Waals surface area contributed by atoms with Crippen molar-refractivity contribution in [2.75, 3.05) is 20.3 Å². The number of aliphatic hydroxyl groups is 1. The Kier molecular flexibility index (Phi) is 6.64. The number of rotatable bonds is 7. The van der Waals surface area contributed by atoms with Crippen molar-refractivity contribution in [3.05, 3.63) is 64.3 Å². The van der Waals surface area contributed by atoms with Crippen molar-refractivity contribution in [1.82, 2.24) is 0 Å². The van der Waals surface area contributed by atoms with E-state index in [4.69, 9.17) is 23.4 Å². The maximum Gasteiger partial charge on any atom is 0.238 e. The van der Waals surface area contributed by atoms with E-state index in [1.165, 1.54) is 31.4 Å². The third kappa shape index (κ3) is 4.39. The van der Waals surface area contributed by atoms with E-state index < -0.39 is 23.4 Å². The van der Waals surface area contributed by atoms with Crippen LogP contribution in [0.25, 0.3) is 22.3 Å². The van der Waals surface area contributed by atoms with Gasteiger partial charge < -0.3 is 43.8 Å². The zero-order valence-corrected chi connectivity index (χ0v) is 20.6.